The minimum atomic E-state index is 0.528. The number of fused-ring (bicyclic) bond motifs is 1. The lowest BCUT2D eigenvalue weighted by atomic mass is 9.93. The summed E-state index contributed by atoms with van der Waals surface area (Å²) in [7, 11) is 0. The predicted octanol–water partition coefficient (Wildman–Crippen LogP) is 4.28. The molecule has 0 saturated heterocycles. The molecule has 2 aromatic rings. The normalized spacial score (nSPS) is 17.2. The molecular formula is C18H21NO. The van der Waals surface area contributed by atoms with Gasteiger partial charge in [-0.05, 0) is 49.1 Å². The van der Waals surface area contributed by atoms with Crippen LogP contribution in [0.5, 0.6) is 5.75 Å². The molecule has 20 heavy (non-hydrogen) atoms. The zero-order valence-corrected chi connectivity index (χ0v) is 12.1. The summed E-state index contributed by atoms with van der Waals surface area (Å²) in [5.74, 6) is 1.58. The van der Waals surface area contributed by atoms with Gasteiger partial charge in [0, 0.05) is 18.2 Å². The zero-order chi connectivity index (χ0) is 13.9. The van der Waals surface area contributed by atoms with Crippen molar-refractivity contribution in [1.29, 1.82) is 0 Å². The SMILES string of the molecule is Cc1cccc(NCC2CCOc3ccccc32)c1C. The van der Waals surface area contributed by atoms with E-state index in [1.165, 1.54) is 22.4 Å². The van der Waals surface area contributed by atoms with Gasteiger partial charge in [0.2, 0.25) is 0 Å². The number of aryl methyl sites for hydroxylation is 1. The van der Waals surface area contributed by atoms with Crippen LogP contribution in [0, 0.1) is 13.8 Å². The highest BCUT2D eigenvalue weighted by Crippen LogP contribution is 2.33. The van der Waals surface area contributed by atoms with Gasteiger partial charge < -0.3 is 10.1 Å². The first-order valence-electron chi connectivity index (χ1n) is 7.27. The Bertz CT molecular complexity index is 606. The third kappa shape index (κ3) is 2.51. The number of anilines is 1. The van der Waals surface area contributed by atoms with E-state index in [0.717, 1.165) is 25.3 Å². The summed E-state index contributed by atoms with van der Waals surface area (Å²) < 4.78 is 5.72. The van der Waals surface area contributed by atoms with Crippen molar-refractivity contribution in [3.05, 3.63) is 59.2 Å². The van der Waals surface area contributed by atoms with Gasteiger partial charge in [-0.15, -0.1) is 0 Å². The molecule has 0 aromatic heterocycles. The third-order valence-electron chi connectivity index (χ3n) is 4.23. The Hall–Kier alpha value is -1.96. The van der Waals surface area contributed by atoms with Crippen LogP contribution in [0.15, 0.2) is 42.5 Å². The molecule has 0 bridgehead atoms. The molecule has 1 aliphatic heterocycles. The van der Waals surface area contributed by atoms with Crippen molar-refractivity contribution in [1.82, 2.24) is 0 Å². The van der Waals surface area contributed by atoms with E-state index >= 15 is 0 Å². The van der Waals surface area contributed by atoms with E-state index in [1.54, 1.807) is 0 Å². The third-order valence-corrected chi connectivity index (χ3v) is 4.23. The van der Waals surface area contributed by atoms with Gasteiger partial charge in [-0.1, -0.05) is 30.3 Å². The van der Waals surface area contributed by atoms with Gasteiger partial charge in [0.15, 0.2) is 0 Å². The lowest BCUT2D eigenvalue weighted by Crippen LogP contribution is -2.21. The maximum atomic E-state index is 5.72. The fraction of sp³-hybridized carbons (Fsp3) is 0.333. The molecule has 1 N–H and O–H groups in total. The zero-order valence-electron chi connectivity index (χ0n) is 12.1. The van der Waals surface area contributed by atoms with E-state index in [4.69, 9.17) is 4.74 Å². The topological polar surface area (TPSA) is 21.3 Å². The van der Waals surface area contributed by atoms with Crippen LogP contribution in [0.1, 0.15) is 29.0 Å². The number of benzene rings is 2. The van der Waals surface area contributed by atoms with Crippen molar-refractivity contribution in [2.45, 2.75) is 26.2 Å². The molecule has 1 unspecified atom stereocenters. The fourth-order valence-electron chi connectivity index (χ4n) is 2.80. The maximum Gasteiger partial charge on any atom is 0.122 e. The molecule has 2 aromatic carbocycles. The standard InChI is InChI=1S/C18H21NO/c1-13-6-5-8-17(14(13)2)19-12-15-10-11-20-18-9-4-3-7-16(15)18/h3-9,15,19H,10-12H2,1-2H3. The van der Waals surface area contributed by atoms with E-state index in [1.807, 2.05) is 6.07 Å². The van der Waals surface area contributed by atoms with E-state index in [0.29, 0.717) is 5.92 Å². The molecule has 104 valence electrons. The van der Waals surface area contributed by atoms with Crippen LogP contribution in [0.2, 0.25) is 0 Å². The molecule has 0 spiro atoms. The fourth-order valence-corrected chi connectivity index (χ4v) is 2.80. The number of ether oxygens (including phenoxy) is 1. The molecule has 2 nitrogen and oxygen atoms in total. The van der Waals surface area contributed by atoms with Crippen molar-refractivity contribution < 1.29 is 4.74 Å². The van der Waals surface area contributed by atoms with E-state index < -0.39 is 0 Å². The second-order valence-corrected chi connectivity index (χ2v) is 5.50. The number of para-hydroxylation sites is 1. The Morgan fingerprint density at radius 3 is 2.85 bits per heavy atom. The van der Waals surface area contributed by atoms with E-state index in [9.17, 15) is 0 Å². The highest BCUT2D eigenvalue weighted by Gasteiger charge is 2.20. The van der Waals surface area contributed by atoms with Gasteiger partial charge in [0.25, 0.3) is 0 Å². The van der Waals surface area contributed by atoms with Crippen molar-refractivity contribution >= 4 is 5.69 Å². The minimum absolute atomic E-state index is 0.528. The summed E-state index contributed by atoms with van der Waals surface area (Å²) in [4.78, 5) is 0. The molecule has 0 amide bonds. The number of rotatable bonds is 3. The van der Waals surface area contributed by atoms with Crippen molar-refractivity contribution in [3.63, 3.8) is 0 Å². The molecule has 1 heterocycles. The molecule has 0 radical (unpaired) electrons. The molecule has 0 fully saturated rings. The van der Waals surface area contributed by atoms with Crippen molar-refractivity contribution in [3.8, 4) is 5.75 Å². The molecule has 0 aliphatic carbocycles. The highest BCUT2D eigenvalue weighted by atomic mass is 16.5. The second-order valence-electron chi connectivity index (χ2n) is 5.50. The van der Waals surface area contributed by atoms with Gasteiger partial charge in [-0.2, -0.15) is 0 Å². The molecule has 2 heteroatoms. The molecule has 0 saturated carbocycles. The summed E-state index contributed by atoms with van der Waals surface area (Å²) in [6.45, 7) is 6.11. The second kappa shape index (κ2) is 5.58. The monoisotopic (exact) mass is 267 g/mol. The van der Waals surface area contributed by atoms with Gasteiger partial charge in [0.05, 0.1) is 6.61 Å². The summed E-state index contributed by atoms with van der Waals surface area (Å²) in [5, 5.41) is 3.61. The molecule has 3 rings (SSSR count). The van der Waals surface area contributed by atoms with Crippen LogP contribution in [-0.2, 0) is 0 Å². The largest absolute Gasteiger partial charge is 0.493 e. The first-order valence-corrected chi connectivity index (χ1v) is 7.27. The van der Waals surface area contributed by atoms with Crippen LogP contribution < -0.4 is 10.1 Å². The molecular weight excluding hydrogens is 246 g/mol. The van der Waals surface area contributed by atoms with Gasteiger partial charge >= 0.3 is 0 Å². The maximum absolute atomic E-state index is 5.72. The van der Waals surface area contributed by atoms with Crippen LogP contribution in [0.4, 0.5) is 5.69 Å². The molecule has 1 aliphatic rings. The van der Waals surface area contributed by atoms with Crippen LogP contribution in [0.3, 0.4) is 0 Å². The summed E-state index contributed by atoms with van der Waals surface area (Å²) >= 11 is 0. The van der Waals surface area contributed by atoms with Crippen LogP contribution >= 0.6 is 0 Å². The average Bonchev–Trinajstić information content (AvgIpc) is 2.49. The smallest absolute Gasteiger partial charge is 0.122 e. The summed E-state index contributed by atoms with van der Waals surface area (Å²) in [6.07, 6.45) is 1.08. The first-order chi connectivity index (χ1) is 9.75. The average molecular weight is 267 g/mol. The first kappa shape index (κ1) is 13.0. The molecule has 1 atom stereocenters. The summed E-state index contributed by atoms with van der Waals surface area (Å²) in [5.41, 5.74) is 5.25. The van der Waals surface area contributed by atoms with Gasteiger partial charge in [-0.3, -0.25) is 0 Å². The number of nitrogens with one attached hydrogen (secondary N) is 1. The Kier molecular flexibility index (Phi) is 3.64. The lowest BCUT2D eigenvalue weighted by molar-refractivity contribution is 0.270. The predicted molar refractivity (Wildman–Crippen MR) is 83.7 cm³/mol. The Balaban J connectivity index is 1.75. The Morgan fingerprint density at radius 2 is 1.95 bits per heavy atom. The lowest BCUT2D eigenvalue weighted by Gasteiger charge is -2.26. The highest BCUT2D eigenvalue weighted by molar-refractivity contribution is 5.54. The Morgan fingerprint density at radius 1 is 1.10 bits per heavy atom. The van der Waals surface area contributed by atoms with E-state index in [2.05, 4.69) is 55.6 Å². The van der Waals surface area contributed by atoms with Gasteiger partial charge in [0.1, 0.15) is 5.75 Å². The summed E-state index contributed by atoms with van der Waals surface area (Å²) in [6, 6.07) is 14.8. The number of hydrogen-bond donors (Lipinski definition) is 1. The quantitative estimate of drug-likeness (QED) is 0.896. The van der Waals surface area contributed by atoms with Crippen molar-refractivity contribution in [2.24, 2.45) is 0 Å². The minimum Gasteiger partial charge on any atom is -0.493 e. The van der Waals surface area contributed by atoms with Crippen LogP contribution in [-0.4, -0.2) is 13.2 Å². The van der Waals surface area contributed by atoms with Crippen molar-refractivity contribution in [2.75, 3.05) is 18.5 Å². The van der Waals surface area contributed by atoms with E-state index in [-0.39, 0.29) is 0 Å². The Labute approximate surface area is 120 Å². The van der Waals surface area contributed by atoms with Crippen LogP contribution in [0.25, 0.3) is 0 Å². The number of hydrogen-bond acceptors (Lipinski definition) is 2. The van der Waals surface area contributed by atoms with Gasteiger partial charge in [-0.25, -0.2) is 0 Å².